The Kier molecular flexibility index (Phi) is 8.79. The van der Waals surface area contributed by atoms with Crippen LogP contribution in [0.2, 0.25) is 0 Å². The number of aliphatic hydroxyl groups excluding tert-OH is 3. The van der Waals surface area contributed by atoms with Gasteiger partial charge in [0.15, 0.2) is 17.9 Å². The molecular weight excluding hydrogens is 400 g/mol. The lowest BCUT2D eigenvalue weighted by molar-refractivity contribution is -0.238. The van der Waals surface area contributed by atoms with Crippen LogP contribution in [-0.2, 0) is 33.2 Å². The highest BCUT2D eigenvalue weighted by Crippen LogP contribution is 2.35. The lowest BCUT2D eigenvalue weighted by Gasteiger charge is -2.33. The van der Waals surface area contributed by atoms with Crippen molar-refractivity contribution in [3.63, 3.8) is 0 Å². The first-order valence-corrected chi connectivity index (χ1v) is 9.96. The van der Waals surface area contributed by atoms with E-state index in [1.165, 1.54) is 20.3 Å². The number of aliphatic hydroxyl groups is 3. The van der Waals surface area contributed by atoms with Crippen LogP contribution in [0.3, 0.4) is 0 Å². The largest absolute Gasteiger partial charge is 0.394 e. The van der Waals surface area contributed by atoms with Crippen LogP contribution in [0.5, 0.6) is 0 Å². The van der Waals surface area contributed by atoms with E-state index < -0.39 is 48.4 Å². The third-order valence-electron chi connectivity index (χ3n) is 5.11. The van der Waals surface area contributed by atoms with Crippen molar-refractivity contribution in [2.24, 2.45) is 0 Å². The average Bonchev–Trinajstić information content (AvgIpc) is 3.16. The van der Waals surface area contributed by atoms with E-state index in [2.05, 4.69) is 6.58 Å². The molecule has 3 aliphatic rings. The Balaban J connectivity index is 0.000000215. The molecule has 0 saturated carbocycles. The standard InChI is InChI=1S/C11H20O5.C9H16O5/c1-5-7(13)9(14-4)10-8(6-12)15-11(2,3)16-10;1-9(2)13-5-4-12-8(10)7(11-3)6(5)14-9/h5,7-10,12-13H,1,6H2,2-4H3;5-8,10H,4H2,1-3H3/t7-,8?,9?,10?;/m0./s1. The van der Waals surface area contributed by atoms with Gasteiger partial charge in [-0.1, -0.05) is 6.08 Å². The van der Waals surface area contributed by atoms with Crippen LogP contribution in [-0.4, -0.2) is 103 Å². The number of fused-ring (bicyclic) bond motifs is 1. The molecule has 3 aliphatic heterocycles. The molecule has 0 amide bonds. The molecule has 0 bridgehead atoms. The lowest BCUT2D eigenvalue weighted by Crippen LogP contribution is -2.52. The maximum absolute atomic E-state index is 9.70. The number of hydrogen-bond donors (Lipinski definition) is 3. The van der Waals surface area contributed by atoms with Crippen molar-refractivity contribution in [1.82, 2.24) is 0 Å². The first kappa shape index (κ1) is 25.6. The molecule has 10 heteroatoms. The average molecular weight is 436 g/mol. The zero-order valence-electron chi connectivity index (χ0n) is 18.5. The third-order valence-corrected chi connectivity index (χ3v) is 5.11. The minimum Gasteiger partial charge on any atom is -0.394 e. The second-order valence-electron chi connectivity index (χ2n) is 8.31. The topological polar surface area (TPSA) is 125 Å². The summed E-state index contributed by atoms with van der Waals surface area (Å²) < 4.78 is 37.8. The van der Waals surface area contributed by atoms with Crippen LogP contribution in [0.1, 0.15) is 27.7 Å². The Hall–Kier alpha value is -0.660. The van der Waals surface area contributed by atoms with Gasteiger partial charge in [0.1, 0.15) is 42.7 Å². The van der Waals surface area contributed by atoms with Crippen LogP contribution < -0.4 is 0 Å². The van der Waals surface area contributed by atoms with Gasteiger partial charge in [-0.3, -0.25) is 0 Å². The highest BCUT2D eigenvalue weighted by atomic mass is 16.8. The fourth-order valence-corrected chi connectivity index (χ4v) is 3.86. The maximum Gasteiger partial charge on any atom is 0.183 e. The summed E-state index contributed by atoms with van der Waals surface area (Å²) in [6.45, 7) is 10.8. The van der Waals surface area contributed by atoms with E-state index in [0.717, 1.165) is 0 Å². The third kappa shape index (κ3) is 5.98. The predicted molar refractivity (Wildman–Crippen MR) is 104 cm³/mol. The van der Waals surface area contributed by atoms with Crippen LogP contribution in [0.25, 0.3) is 0 Å². The molecule has 30 heavy (non-hydrogen) atoms. The molecule has 7 unspecified atom stereocenters. The highest BCUT2D eigenvalue weighted by Gasteiger charge is 2.51. The minimum atomic E-state index is -0.932. The van der Waals surface area contributed by atoms with E-state index in [0.29, 0.717) is 6.61 Å². The molecule has 0 aromatic carbocycles. The van der Waals surface area contributed by atoms with Crippen LogP contribution >= 0.6 is 0 Å². The van der Waals surface area contributed by atoms with Crippen molar-refractivity contribution < 1.29 is 48.5 Å². The summed E-state index contributed by atoms with van der Waals surface area (Å²) in [7, 11) is 2.99. The van der Waals surface area contributed by atoms with Gasteiger partial charge in [0, 0.05) is 14.2 Å². The van der Waals surface area contributed by atoms with Gasteiger partial charge in [0.2, 0.25) is 0 Å². The molecule has 3 rings (SSSR count). The van der Waals surface area contributed by atoms with Crippen molar-refractivity contribution >= 4 is 0 Å². The molecule has 0 spiro atoms. The van der Waals surface area contributed by atoms with E-state index in [1.807, 2.05) is 13.8 Å². The van der Waals surface area contributed by atoms with Crippen molar-refractivity contribution in [3.8, 4) is 0 Å². The minimum absolute atomic E-state index is 0.154. The fraction of sp³-hybridized carbons (Fsp3) is 0.900. The summed E-state index contributed by atoms with van der Waals surface area (Å²) in [6, 6.07) is 0. The first-order chi connectivity index (χ1) is 14.0. The number of hydrogen-bond acceptors (Lipinski definition) is 10. The zero-order valence-corrected chi connectivity index (χ0v) is 18.5. The van der Waals surface area contributed by atoms with E-state index in [1.54, 1.807) is 13.8 Å². The second kappa shape index (κ2) is 10.3. The highest BCUT2D eigenvalue weighted by molar-refractivity contribution is 4.96. The van der Waals surface area contributed by atoms with Gasteiger partial charge in [-0.05, 0) is 27.7 Å². The van der Waals surface area contributed by atoms with E-state index >= 15 is 0 Å². The summed E-state index contributed by atoms with van der Waals surface area (Å²) in [4.78, 5) is 0. The number of rotatable bonds is 6. The Morgan fingerprint density at radius 2 is 1.73 bits per heavy atom. The molecule has 3 N–H and O–H groups in total. The molecule has 176 valence electrons. The van der Waals surface area contributed by atoms with Crippen molar-refractivity contribution in [2.45, 2.75) is 88.3 Å². The predicted octanol–water partition coefficient (Wildman–Crippen LogP) is -0.0692. The first-order valence-electron chi connectivity index (χ1n) is 9.96. The molecule has 3 heterocycles. The van der Waals surface area contributed by atoms with E-state index in [4.69, 9.17) is 33.2 Å². The summed E-state index contributed by atoms with van der Waals surface area (Å²) in [5.74, 6) is -1.41. The molecular formula is C20H36O10. The van der Waals surface area contributed by atoms with E-state index in [-0.39, 0.29) is 18.8 Å². The molecule has 3 saturated heterocycles. The number of ether oxygens (including phenoxy) is 7. The Labute approximate surface area is 177 Å². The normalized spacial score (nSPS) is 38.8. The summed E-state index contributed by atoms with van der Waals surface area (Å²) in [5, 5.41) is 28.4. The maximum atomic E-state index is 9.70. The molecule has 0 aliphatic carbocycles. The van der Waals surface area contributed by atoms with E-state index in [9.17, 15) is 15.3 Å². The van der Waals surface area contributed by atoms with Gasteiger partial charge in [-0.15, -0.1) is 6.58 Å². The van der Waals surface area contributed by atoms with Gasteiger partial charge in [0.25, 0.3) is 0 Å². The van der Waals surface area contributed by atoms with Crippen molar-refractivity contribution in [2.75, 3.05) is 27.4 Å². The zero-order chi connectivity index (χ0) is 22.7. The molecule has 0 radical (unpaired) electrons. The monoisotopic (exact) mass is 436 g/mol. The summed E-state index contributed by atoms with van der Waals surface area (Å²) >= 11 is 0. The quantitative estimate of drug-likeness (QED) is 0.487. The van der Waals surface area contributed by atoms with Crippen molar-refractivity contribution in [3.05, 3.63) is 12.7 Å². The van der Waals surface area contributed by atoms with Gasteiger partial charge in [-0.2, -0.15) is 0 Å². The smallest absolute Gasteiger partial charge is 0.183 e. The number of methoxy groups -OCH3 is 2. The van der Waals surface area contributed by atoms with Crippen LogP contribution in [0, 0.1) is 0 Å². The lowest BCUT2D eigenvalue weighted by atomic mass is 10.0. The van der Waals surface area contributed by atoms with Crippen molar-refractivity contribution in [1.29, 1.82) is 0 Å². The second-order valence-corrected chi connectivity index (χ2v) is 8.31. The van der Waals surface area contributed by atoms with Gasteiger partial charge >= 0.3 is 0 Å². The molecule has 3 fully saturated rings. The molecule has 8 atom stereocenters. The Morgan fingerprint density at radius 3 is 2.27 bits per heavy atom. The molecule has 0 aromatic rings. The Morgan fingerprint density at radius 1 is 1.10 bits per heavy atom. The summed E-state index contributed by atoms with van der Waals surface area (Å²) in [6.07, 6.45) is -2.92. The Bertz CT molecular complexity index is 554. The summed E-state index contributed by atoms with van der Waals surface area (Å²) in [5.41, 5.74) is 0. The van der Waals surface area contributed by atoms with Gasteiger partial charge in [-0.25, -0.2) is 0 Å². The van der Waals surface area contributed by atoms with Crippen LogP contribution in [0.4, 0.5) is 0 Å². The molecule has 0 aromatic heterocycles. The van der Waals surface area contributed by atoms with Gasteiger partial charge in [0.05, 0.1) is 13.2 Å². The molecule has 10 nitrogen and oxygen atoms in total. The SMILES string of the molecule is C=C[C@H](O)C(OC)C1OC(C)(C)OC1CO.COC1C(O)OCC2OC(C)(C)OC21. The van der Waals surface area contributed by atoms with Crippen LogP contribution in [0.15, 0.2) is 12.7 Å². The van der Waals surface area contributed by atoms with Gasteiger partial charge < -0.3 is 48.5 Å². The fourth-order valence-electron chi connectivity index (χ4n) is 3.86.